The van der Waals surface area contributed by atoms with Gasteiger partial charge in [0.15, 0.2) is 0 Å². The third-order valence-electron chi connectivity index (χ3n) is 3.75. The van der Waals surface area contributed by atoms with E-state index in [1.54, 1.807) is 0 Å². The molecule has 18 heavy (non-hydrogen) atoms. The molecule has 2 aliphatic rings. The van der Waals surface area contributed by atoms with Crippen molar-refractivity contribution < 1.29 is 4.74 Å². The van der Waals surface area contributed by atoms with Gasteiger partial charge in [-0.2, -0.15) is 4.98 Å². The van der Waals surface area contributed by atoms with Gasteiger partial charge in [-0.1, -0.05) is 0 Å². The normalized spacial score (nSPS) is 21.6. The van der Waals surface area contributed by atoms with Crippen molar-refractivity contribution in [2.24, 2.45) is 11.7 Å². The lowest BCUT2D eigenvalue weighted by Gasteiger charge is -2.48. The van der Waals surface area contributed by atoms with Gasteiger partial charge in [-0.05, 0) is 32.6 Å². The molecule has 2 N–H and O–H groups in total. The molecule has 5 nitrogen and oxygen atoms in total. The highest BCUT2D eigenvalue weighted by Gasteiger charge is 2.51. The first kappa shape index (κ1) is 11.7. The molecule has 1 aromatic heterocycles. The topological polar surface area (TPSA) is 64.3 Å². The van der Waals surface area contributed by atoms with Crippen LogP contribution in [0.5, 0.6) is 5.88 Å². The standard InChI is InChI=1S/C13H20N4O/c1-3-18-11-6-9(2)15-12(16-11)17-7-13(14,8-17)10-4-5-10/h6,10H,3-5,7-8,14H2,1-2H3. The average molecular weight is 248 g/mol. The first-order valence-electron chi connectivity index (χ1n) is 6.63. The van der Waals surface area contributed by atoms with Crippen LogP contribution in [0.25, 0.3) is 0 Å². The smallest absolute Gasteiger partial charge is 0.228 e. The van der Waals surface area contributed by atoms with E-state index in [1.807, 2.05) is 19.9 Å². The van der Waals surface area contributed by atoms with E-state index in [-0.39, 0.29) is 5.54 Å². The van der Waals surface area contributed by atoms with Crippen molar-refractivity contribution in [3.05, 3.63) is 11.8 Å². The van der Waals surface area contributed by atoms with Gasteiger partial charge in [-0.3, -0.25) is 0 Å². The summed E-state index contributed by atoms with van der Waals surface area (Å²) in [6, 6.07) is 1.86. The molecule has 3 rings (SSSR count). The molecule has 0 spiro atoms. The van der Waals surface area contributed by atoms with Gasteiger partial charge in [0.05, 0.1) is 12.1 Å². The molecule has 5 heteroatoms. The number of aryl methyl sites for hydroxylation is 1. The molecule has 1 aliphatic heterocycles. The zero-order chi connectivity index (χ0) is 12.8. The van der Waals surface area contributed by atoms with Crippen LogP contribution in [0.15, 0.2) is 6.07 Å². The van der Waals surface area contributed by atoms with Crippen LogP contribution >= 0.6 is 0 Å². The van der Waals surface area contributed by atoms with E-state index in [1.165, 1.54) is 12.8 Å². The maximum absolute atomic E-state index is 6.34. The molecule has 0 unspecified atom stereocenters. The summed E-state index contributed by atoms with van der Waals surface area (Å²) < 4.78 is 5.45. The highest BCUT2D eigenvalue weighted by Crippen LogP contribution is 2.43. The van der Waals surface area contributed by atoms with E-state index in [0.717, 1.165) is 24.7 Å². The highest BCUT2D eigenvalue weighted by atomic mass is 16.5. The monoisotopic (exact) mass is 248 g/mol. The summed E-state index contributed by atoms with van der Waals surface area (Å²) in [4.78, 5) is 11.0. The Bertz CT molecular complexity index is 452. The quantitative estimate of drug-likeness (QED) is 0.864. The zero-order valence-corrected chi connectivity index (χ0v) is 11.0. The predicted molar refractivity (Wildman–Crippen MR) is 69.8 cm³/mol. The van der Waals surface area contributed by atoms with Crippen molar-refractivity contribution in [2.45, 2.75) is 32.2 Å². The minimum atomic E-state index is -0.00111. The first-order valence-corrected chi connectivity index (χ1v) is 6.63. The number of anilines is 1. The van der Waals surface area contributed by atoms with Crippen molar-refractivity contribution >= 4 is 5.95 Å². The Kier molecular flexibility index (Phi) is 2.66. The molecular weight excluding hydrogens is 228 g/mol. The van der Waals surface area contributed by atoms with Crippen LogP contribution in [0.4, 0.5) is 5.95 Å². The largest absolute Gasteiger partial charge is 0.478 e. The number of ether oxygens (including phenoxy) is 1. The van der Waals surface area contributed by atoms with Gasteiger partial charge in [-0.25, -0.2) is 4.98 Å². The van der Waals surface area contributed by atoms with Gasteiger partial charge in [0.25, 0.3) is 0 Å². The number of aromatic nitrogens is 2. The molecule has 0 atom stereocenters. The van der Waals surface area contributed by atoms with Crippen molar-refractivity contribution in [3.63, 3.8) is 0 Å². The Morgan fingerprint density at radius 2 is 2.17 bits per heavy atom. The van der Waals surface area contributed by atoms with Crippen LogP contribution in [0, 0.1) is 12.8 Å². The fraction of sp³-hybridized carbons (Fsp3) is 0.692. The Labute approximate surface area is 107 Å². The van der Waals surface area contributed by atoms with Crippen LogP contribution < -0.4 is 15.4 Å². The fourth-order valence-corrected chi connectivity index (χ4v) is 2.61. The predicted octanol–water partition coefficient (Wildman–Crippen LogP) is 1.11. The summed E-state index contributed by atoms with van der Waals surface area (Å²) in [7, 11) is 0. The van der Waals surface area contributed by atoms with E-state index in [2.05, 4.69) is 14.9 Å². The summed E-state index contributed by atoms with van der Waals surface area (Å²) in [5.74, 6) is 2.12. The van der Waals surface area contributed by atoms with Crippen molar-refractivity contribution in [1.29, 1.82) is 0 Å². The third kappa shape index (κ3) is 2.03. The third-order valence-corrected chi connectivity index (χ3v) is 3.75. The van der Waals surface area contributed by atoms with E-state index in [4.69, 9.17) is 10.5 Å². The second-order valence-electron chi connectivity index (χ2n) is 5.44. The molecule has 98 valence electrons. The summed E-state index contributed by atoms with van der Waals surface area (Å²) in [6.07, 6.45) is 2.56. The Morgan fingerprint density at radius 3 is 2.78 bits per heavy atom. The van der Waals surface area contributed by atoms with E-state index < -0.39 is 0 Å². The van der Waals surface area contributed by atoms with Gasteiger partial charge < -0.3 is 15.4 Å². The van der Waals surface area contributed by atoms with Gasteiger partial charge in [0.1, 0.15) is 0 Å². The lowest BCUT2D eigenvalue weighted by Crippen LogP contribution is -2.69. The lowest BCUT2D eigenvalue weighted by molar-refractivity contribution is 0.284. The molecule has 1 saturated carbocycles. The maximum Gasteiger partial charge on any atom is 0.228 e. The Morgan fingerprint density at radius 1 is 1.44 bits per heavy atom. The number of rotatable bonds is 4. The molecule has 1 aliphatic carbocycles. The van der Waals surface area contributed by atoms with Crippen LogP contribution in [-0.4, -0.2) is 35.2 Å². The molecule has 0 amide bonds. The van der Waals surface area contributed by atoms with Crippen LogP contribution in [0.2, 0.25) is 0 Å². The summed E-state index contributed by atoms with van der Waals surface area (Å²) in [5.41, 5.74) is 7.28. The van der Waals surface area contributed by atoms with Gasteiger partial charge in [0, 0.05) is 24.8 Å². The Balaban J connectivity index is 1.73. The van der Waals surface area contributed by atoms with Crippen LogP contribution in [0.3, 0.4) is 0 Å². The fourth-order valence-electron chi connectivity index (χ4n) is 2.61. The van der Waals surface area contributed by atoms with Crippen LogP contribution in [0.1, 0.15) is 25.5 Å². The zero-order valence-electron chi connectivity index (χ0n) is 11.0. The number of hydrogen-bond acceptors (Lipinski definition) is 5. The van der Waals surface area contributed by atoms with Crippen molar-refractivity contribution in [3.8, 4) is 5.88 Å². The lowest BCUT2D eigenvalue weighted by atomic mass is 9.86. The minimum absolute atomic E-state index is 0.00111. The molecule has 0 radical (unpaired) electrons. The van der Waals surface area contributed by atoms with E-state index >= 15 is 0 Å². The summed E-state index contributed by atoms with van der Waals surface area (Å²) >= 11 is 0. The number of hydrogen-bond donors (Lipinski definition) is 1. The van der Waals surface area contributed by atoms with Crippen molar-refractivity contribution in [1.82, 2.24) is 9.97 Å². The van der Waals surface area contributed by atoms with E-state index in [9.17, 15) is 0 Å². The Hall–Kier alpha value is -1.36. The molecule has 2 fully saturated rings. The van der Waals surface area contributed by atoms with Gasteiger partial charge >= 0.3 is 0 Å². The minimum Gasteiger partial charge on any atom is -0.478 e. The molecule has 1 aromatic rings. The maximum atomic E-state index is 6.34. The molecule has 1 saturated heterocycles. The first-order chi connectivity index (χ1) is 8.60. The average Bonchev–Trinajstić information content (AvgIpc) is 3.08. The number of nitrogens with zero attached hydrogens (tertiary/aromatic N) is 3. The summed E-state index contributed by atoms with van der Waals surface area (Å²) in [6.45, 7) is 6.28. The highest BCUT2D eigenvalue weighted by molar-refractivity contribution is 5.41. The SMILES string of the molecule is CCOc1cc(C)nc(N2CC(N)(C3CC3)C2)n1. The number of nitrogens with two attached hydrogens (primary N) is 1. The van der Waals surface area contributed by atoms with Crippen molar-refractivity contribution in [2.75, 3.05) is 24.6 Å². The molecule has 0 aromatic carbocycles. The van der Waals surface area contributed by atoms with Gasteiger partial charge in [0.2, 0.25) is 11.8 Å². The molecular formula is C13H20N4O. The van der Waals surface area contributed by atoms with Gasteiger partial charge in [-0.15, -0.1) is 0 Å². The molecule has 2 heterocycles. The summed E-state index contributed by atoms with van der Waals surface area (Å²) in [5, 5.41) is 0. The molecule has 0 bridgehead atoms. The van der Waals surface area contributed by atoms with E-state index in [0.29, 0.717) is 18.4 Å². The second kappa shape index (κ2) is 4.09. The second-order valence-corrected chi connectivity index (χ2v) is 5.44. The van der Waals surface area contributed by atoms with Crippen LogP contribution in [-0.2, 0) is 0 Å².